The van der Waals surface area contributed by atoms with Gasteiger partial charge in [-0.05, 0) is 176 Å². The van der Waals surface area contributed by atoms with Gasteiger partial charge in [0.25, 0.3) is 0 Å². The second kappa shape index (κ2) is 25.8. The van der Waals surface area contributed by atoms with Crippen LogP contribution in [0.25, 0.3) is 27.9 Å². The molecular formula is C53H75B3Br3F3N2O9. The zero-order valence-electron chi connectivity index (χ0n) is 44.4. The lowest BCUT2D eigenvalue weighted by molar-refractivity contribution is 0.00578. The molecule has 3 aliphatic heterocycles. The Morgan fingerprint density at radius 2 is 0.945 bits per heavy atom. The maximum Gasteiger partial charge on any atom is 0.495 e. The molecule has 11 nitrogen and oxygen atoms in total. The summed E-state index contributed by atoms with van der Waals surface area (Å²) in [5.41, 5.74) is 2.29. The predicted molar refractivity (Wildman–Crippen MR) is 302 cm³/mol. The van der Waals surface area contributed by atoms with Crippen LogP contribution in [-0.4, -0.2) is 110 Å². The Labute approximate surface area is 458 Å². The van der Waals surface area contributed by atoms with Crippen LogP contribution in [0.1, 0.15) is 102 Å². The first-order valence-electron chi connectivity index (χ1n) is 24.0. The third-order valence-corrected chi connectivity index (χ3v) is 15.8. The standard InChI is InChI=1S/C17H23BFNO3.C12H24B2O4.C11H11BrFNO.C9H6BrF.C3H7BrO.CH4/c1-16(2)17(3,4)23-18(22-16)14-10-12(19)11-15-13(14)6-7-20(15)8-9-21-5;1-9(2)10(3,4)16-13(15-9)14-17-11(5,6)12(7,8)18-14;1-15-5-4-14-3-2-9-10(12)6-8(13)7-11(9)14;10-9-5-7(11)4-6-2-1-3-8(6)9;1-5-3-2-4;/h6-7,10-11H,8-9H2,1-5H3;1-8H3;2-3,6-7H,4-5H2,1H3;1,3-5H,2H2;2-3H2,1H3;1H4. The second-order valence-corrected chi connectivity index (χ2v) is 23.3. The highest BCUT2D eigenvalue weighted by molar-refractivity contribution is 9.11. The number of methoxy groups -OCH3 is 3. The molecule has 0 spiro atoms. The normalized spacial score (nSPS) is 19.0. The molecule has 4 aliphatic rings. The third-order valence-electron chi connectivity index (χ3n) is 14.1. The van der Waals surface area contributed by atoms with E-state index in [9.17, 15) is 13.2 Å². The van der Waals surface area contributed by atoms with Crippen molar-refractivity contribution in [1.82, 2.24) is 9.13 Å². The Morgan fingerprint density at radius 3 is 1.38 bits per heavy atom. The van der Waals surface area contributed by atoms with Gasteiger partial charge >= 0.3 is 21.1 Å². The molecule has 9 rings (SSSR count). The van der Waals surface area contributed by atoms with E-state index in [4.69, 9.17) is 37.4 Å². The van der Waals surface area contributed by atoms with Crippen molar-refractivity contribution in [2.45, 2.75) is 144 Å². The molecule has 0 bridgehead atoms. The highest BCUT2D eigenvalue weighted by Gasteiger charge is 2.63. The maximum absolute atomic E-state index is 14.2. The molecule has 5 aromatic rings. The first-order chi connectivity index (χ1) is 33.5. The van der Waals surface area contributed by atoms with Crippen LogP contribution in [0.3, 0.4) is 0 Å². The molecular weight excluding hydrogens is 1140 g/mol. The number of benzene rings is 3. The Hall–Kier alpha value is -2.46. The molecule has 2 aromatic heterocycles. The summed E-state index contributed by atoms with van der Waals surface area (Å²) in [5, 5.41) is 2.90. The lowest BCUT2D eigenvalue weighted by Crippen LogP contribution is -2.41. The maximum atomic E-state index is 14.2. The van der Waals surface area contributed by atoms with E-state index in [0.717, 1.165) is 72.2 Å². The van der Waals surface area contributed by atoms with Gasteiger partial charge in [-0.25, -0.2) is 13.2 Å². The number of alkyl halides is 1. The van der Waals surface area contributed by atoms with E-state index in [2.05, 4.69) is 52.5 Å². The molecule has 0 unspecified atom stereocenters. The molecule has 0 atom stereocenters. The largest absolute Gasteiger partial charge is 0.495 e. The quantitative estimate of drug-likeness (QED) is 0.100. The monoisotopic (exact) mass is 1210 g/mol. The molecule has 3 aromatic carbocycles. The molecule has 3 fully saturated rings. The van der Waals surface area contributed by atoms with Crippen LogP contribution in [0.2, 0.25) is 0 Å². The molecule has 0 amide bonds. The predicted octanol–water partition coefficient (Wildman–Crippen LogP) is 13.0. The summed E-state index contributed by atoms with van der Waals surface area (Å²) in [6, 6.07) is 13.1. The van der Waals surface area contributed by atoms with Crippen LogP contribution in [0.15, 0.2) is 75.9 Å². The number of rotatable bonds is 10. The summed E-state index contributed by atoms with van der Waals surface area (Å²) >= 11 is 9.84. The molecule has 1 aliphatic carbocycles. The van der Waals surface area contributed by atoms with Gasteiger partial charge in [-0.1, -0.05) is 51.4 Å². The average molecular weight is 1210 g/mol. The van der Waals surface area contributed by atoms with E-state index in [0.29, 0.717) is 19.8 Å². The van der Waals surface area contributed by atoms with E-state index >= 15 is 0 Å². The number of fused-ring (bicyclic) bond motifs is 3. The smallest absolute Gasteiger partial charge is 0.405 e. The molecule has 5 heterocycles. The summed E-state index contributed by atoms with van der Waals surface area (Å²) in [6.45, 7) is 27.6. The number of ether oxygens (including phenoxy) is 3. The van der Waals surface area contributed by atoms with Gasteiger partial charge in [-0.15, -0.1) is 0 Å². The Kier molecular flexibility index (Phi) is 22.3. The fourth-order valence-corrected chi connectivity index (χ4v) is 9.30. The van der Waals surface area contributed by atoms with Gasteiger partial charge < -0.3 is 51.3 Å². The summed E-state index contributed by atoms with van der Waals surface area (Å²) in [5.74, 6) is -0.689. The molecule has 20 heteroatoms. The summed E-state index contributed by atoms with van der Waals surface area (Å²) in [7, 11) is 3.47. The molecule has 402 valence electrons. The van der Waals surface area contributed by atoms with Crippen LogP contribution in [-0.2, 0) is 61.6 Å². The number of allylic oxidation sites excluding steroid dienone is 1. The number of hydrogen-bond donors (Lipinski definition) is 0. The molecule has 3 saturated heterocycles. The zero-order valence-corrected chi connectivity index (χ0v) is 49.2. The van der Waals surface area contributed by atoms with Crippen LogP contribution in [0.4, 0.5) is 13.2 Å². The van der Waals surface area contributed by atoms with Gasteiger partial charge in [0.2, 0.25) is 0 Å². The van der Waals surface area contributed by atoms with Crippen molar-refractivity contribution in [1.29, 1.82) is 0 Å². The van der Waals surface area contributed by atoms with E-state index in [1.54, 1.807) is 33.5 Å². The van der Waals surface area contributed by atoms with Crippen LogP contribution in [0, 0.1) is 17.5 Å². The van der Waals surface area contributed by atoms with E-state index in [1.807, 2.05) is 129 Å². The van der Waals surface area contributed by atoms with Gasteiger partial charge in [0, 0.05) is 66.5 Å². The number of halogens is 6. The van der Waals surface area contributed by atoms with Crippen LogP contribution in [0.5, 0.6) is 0 Å². The molecule has 73 heavy (non-hydrogen) atoms. The molecule has 0 radical (unpaired) electrons. The minimum atomic E-state index is -0.573. The molecule has 0 N–H and O–H groups in total. The van der Waals surface area contributed by atoms with Crippen molar-refractivity contribution in [2.24, 2.45) is 0 Å². The Balaban J connectivity index is 0.000000209. The van der Waals surface area contributed by atoms with Gasteiger partial charge in [0.05, 0.1) is 64.5 Å². The first-order valence-corrected chi connectivity index (χ1v) is 26.7. The second-order valence-electron chi connectivity index (χ2n) is 20.8. The average Bonchev–Trinajstić information content (AvgIpc) is 4.12. The van der Waals surface area contributed by atoms with Crippen molar-refractivity contribution in [3.8, 4) is 0 Å². The van der Waals surface area contributed by atoms with Crippen molar-refractivity contribution in [3.05, 3.63) is 105 Å². The fraction of sp³-hybridized carbons (Fsp3) is 0.547. The van der Waals surface area contributed by atoms with Crippen LogP contribution >= 0.6 is 47.8 Å². The zero-order chi connectivity index (χ0) is 53.6. The van der Waals surface area contributed by atoms with E-state index < -0.39 is 32.3 Å². The van der Waals surface area contributed by atoms with Gasteiger partial charge in [-0.2, -0.15) is 0 Å². The van der Waals surface area contributed by atoms with Crippen molar-refractivity contribution >= 4 is 102 Å². The minimum Gasteiger partial charge on any atom is -0.405 e. The Bertz CT molecular complexity index is 2560. The molecule has 0 saturated carbocycles. The van der Waals surface area contributed by atoms with E-state index in [1.165, 1.54) is 24.3 Å². The number of nitrogens with zero attached hydrogens (tertiary/aromatic N) is 2. The highest BCUT2D eigenvalue weighted by Crippen LogP contribution is 2.43. The summed E-state index contributed by atoms with van der Waals surface area (Å²) in [4.78, 5) is 0. The minimum absolute atomic E-state index is 0. The van der Waals surface area contributed by atoms with E-state index in [-0.39, 0.29) is 47.3 Å². The highest BCUT2D eigenvalue weighted by atomic mass is 79.9. The van der Waals surface area contributed by atoms with Crippen LogP contribution < -0.4 is 5.46 Å². The van der Waals surface area contributed by atoms with Crippen molar-refractivity contribution < 1.29 is 55.3 Å². The number of hydrogen-bond acceptors (Lipinski definition) is 9. The first kappa shape index (κ1) is 63.1. The lowest BCUT2D eigenvalue weighted by atomic mass is 9.49. The third kappa shape index (κ3) is 15.2. The summed E-state index contributed by atoms with van der Waals surface area (Å²) in [6.07, 6.45) is 8.78. The van der Waals surface area contributed by atoms with Gasteiger partial charge in [0.15, 0.2) is 0 Å². The fourth-order valence-electron chi connectivity index (χ4n) is 7.82. The lowest BCUT2D eigenvalue weighted by Gasteiger charge is -2.32. The summed E-state index contributed by atoms with van der Waals surface area (Å²) < 4.78 is 96.5. The van der Waals surface area contributed by atoms with Crippen molar-refractivity contribution in [2.75, 3.05) is 46.5 Å². The number of aromatic nitrogens is 2. The Morgan fingerprint density at radius 1 is 0.548 bits per heavy atom. The van der Waals surface area contributed by atoms with Gasteiger partial charge in [-0.3, -0.25) is 0 Å². The topological polar surface area (TPSA) is 92.9 Å². The van der Waals surface area contributed by atoms with Crippen molar-refractivity contribution in [3.63, 3.8) is 0 Å². The SMILES string of the molecule is C.CC1(C)OB(B2OC(C)(C)C(C)(C)O2)OC1(C)C.COCCBr.COCCn1ccc2c(B3OC(C)(C)C(C)(C)O3)cc(F)cc21.COCCn1ccc2c(Br)cc(F)cc21.Fc1cc(Br)c2c(c1)CC=C2. The van der Waals surface area contributed by atoms with Gasteiger partial charge in [0.1, 0.15) is 17.5 Å².